The van der Waals surface area contributed by atoms with Gasteiger partial charge in [0.1, 0.15) is 5.82 Å². The third-order valence-corrected chi connectivity index (χ3v) is 4.95. The number of aromatic amines is 1. The van der Waals surface area contributed by atoms with Gasteiger partial charge in [-0.3, -0.25) is 19.1 Å². The fourth-order valence-corrected chi connectivity index (χ4v) is 3.36. The van der Waals surface area contributed by atoms with E-state index < -0.39 is 17.2 Å². The molecule has 30 heavy (non-hydrogen) atoms. The minimum absolute atomic E-state index is 0.0380. The fourth-order valence-electron chi connectivity index (χ4n) is 3.17. The topological polar surface area (TPSA) is 101 Å². The molecule has 7 nitrogen and oxygen atoms in total. The number of benzene rings is 2. The van der Waals surface area contributed by atoms with E-state index in [4.69, 9.17) is 17.3 Å². The number of hydrogen-bond donors (Lipinski definition) is 2. The molecule has 156 valence electrons. The van der Waals surface area contributed by atoms with Crippen molar-refractivity contribution in [3.8, 4) is 0 Å². The van der Waals surface area contributed by atoms with Crippen molar-refractivity contribution in [1.82, 2.24) is 9.55 Å². The van der Waals surface area contributed by atoms with Crippen LogP contribution in [0.1, 0.15) is 35.7 Å². The Kier molecular flexibility index (Phi) is 6.74. The average molecular weight is 427 g/mol. The second-order valence-electron chi connectivity index (χ2n) is 6.89. The van der Waals surface area contributed by atoms with E-state index in [0.717, 1.165) is 12.0 Å². The Morgan fingerprint density at radius 1 is 1.13 bits per heavy atom. The van der Waals surface area contributed by atoms with Crippen molar-refractivity contribution in [2.24, 2.45) is 0 Å². The number of nitrogens with zero attached hydrogens (tertiary/aromatic N) is 2. The van der Waals surface area contributed by atoms with Gasteiger partial charge in [0.2, 0.25) is 0 Å². The number of carbonyl (C=O) groups excluding carboxylic acids is 1. The zero-order valence-corrected chi connectivity index (χ0v) is 17.4. The number of rotatable bonds is 7. The summed E-state index contributed by atoms with van der Waals surface area (Å²) in [6.07, 6.45) is 1.46. The Labute approximate surface area is 178 Å². The van der Waals surface area contributed by atoms with Crippen LogP contribution >= 0.6 is 11.6 Å². The predicted octanol–water partition coefficient (Wildman–Crippen LogP) is 3.27. The number of carbonyl (C=O) groups is 1. The number of H-pyrrole nitrogens is 1. The van der Waals surface area contributed by atoms with Crippen LogP contribution in [0, 0.1) is 0 Å². The van der Waals surface area contributed by atoms with Crippen molar-refractivity contribution in [3.05, 3.63) is 91.6 Å². The highest BCUT2D eigenvalue weighted by atomic mass is 35.5. The molecule has 2 aromatic carbocycles. The molecule has 3 rings (SSSR count). The summed E-state index contributed by atoms with van der Waals surface area (Å²) in [5.74, 6) is -0.466. The van der Waals surface area contributed by atoms with E-state index in [2.05, 4.69) is 4.98 Å². The lowest BCUT2D eigenvalue weighted by Crippen LogP contribution is -2.41. The Bertz CT molecular complexity index is 1160. The van der Waals surface area contributed by atoms with Gasteiger partial charge in [-0.15, -0.1) is 0 Å². The number of halogens is 1. The SMILES string of the molecule is CCCCN(C(=O)c1cccc(Cl)c1)c1c(N)n(Cc2ccccc2)c(=O)[nH]c1=O. The molecule has 0 aliphatic carbocycles. The smallest absolute Gasteiger partial charge is 0.330 e. The minimum atomic E-state index is -0.701. The van der Waals surface area contributed by atoms with E-state index in [9.17, 15) is 14.4 Å². The first-order valence-electron chi connectivity index (χ1n) is 9.66. The Morgan fingerprint density at radius 3 is 2.53 bits per heavy atom. The lowest BCUT2D eigenvalue weighted by molar-refractivity contribution is 0.0986. The minimum Gasteiger partial charge on any atom is -0.383 e. The first-order valence-corrected chi connectivity index (χ1v) is 10.0. The maximum atomic E-state index is 13.2. The molecular formula is C22H23ClN4O3. The number of nitrogens with one attached hydrogen (secondary N) is 1. The molecule has 0 unspecified atom stereocenters. The Hall–Kier alpha value is -3.32. The van der Waals surface area contributed by atoms with Crippen molar-refractivity contribution in [1.29, 1.82) is 0 Å². The fraction of sp³-hybridized carbons (Fsp3) is 0.227. The van der Waals surface area contributed by atoms with Crippen molar-refractivity contribution in [3.63, 3.8) is 0 Å². The molecule has 0 spiro atoms. The van der Waals surface area contributed by atoms with Crippen LogP contribution in [-0.2, 0) is 6.54 Å². The van der Waals surface area contributed by atoms with E-state index in [1.807, 2.05) is 37.3 Å². The molecular weight excluding hydrogens is 404 g/mol. The summed E-state index contributed by atoms with van der Waals surface area (Å²) in [7, 11) is 0. The quantitative estimate of drug-likeness (QED) is 0.605. The molecule has 3 aromatic rings. The summed E-state index contributed by atoms with van der Waals surface area (Å²) in [5, 5.41) is 0.409. The number of hydrogen-bond acceptors (Lipinski definition) is 4. The molecule has 0 saturated carbocycles. The number of unbranched alkanes of at least 4 members (excludes halogenated alkanes) is 1. The first-order chi connectivity index (χ1) is 14.4. The molecule has 3 N–H and O–H groups in total. The van der Waals surface area contributed by atoms with Crippen molar-refractivity contribution >= 4 is 29.0 Å². The highest BCUT2D eigenvalue weighted by molar-refractivity contribution is 6.31. The van der Waals surface area contributed by atoms with E-state index in [1.54, 1.807) is 18.2 Å². The average Bonchev–Trinajstić information content (AvgIpc) is 2.73. The van der Waals surface area contributed by atoms with E-state index >= 15 is 0 Å². The largest absolute Gasteiger partial charge is 0.383 e. The molecule has 1 heterocycles. The summed E-state index contributed by atoms with van der Waals surface area (Å²) >= 11 is 6.03. The van der Waals surface area contributed by atoms with Gasteiger partial charge in [0.05, 0.1) is 6.54 Å². The van der Waals surface area contributed by atoms with E-state index in [-0.39, 0.29) is 24.6 Å². The second-order valence-corrected chi connectivity index (χ2v) is 7.32. The van der Waals surface area contributed by atoms with Crippen LogP contribution in [0.15, 0.2) is 64.2 Å². The molecule has 0 aliphatic heterocycles. The van der Waals surface area contributed by atoms with Gasteiger partial charge >= 0.3 is 5.69 Å². The van der Waals surface area contributed by atoms with Gasteiger partial charge < -0.3 is 10.6 Å². The number of anilines is 2. The van der Waals surface area contributed by atoms with Crippen LogP contribution in [0.25, 0.3) is 0 Å². The normalized spacial score (nSPS) is 10.7. The Balaban J connectivity index is 2.11. The molecule has 8 heteroatoms. The standard InChI is InChI=1S/C22H23ClN4O3/c1-2-3-12-26(21(29)16-10-7-11-17(23)13-16)18-19(24)27(22(30)25-20(18)28)14-15-8-5-4-6-9-15/h4-11,13H,2-3,12,14,24H2,1H3,(H,25,28,30). The molecule has 0 saturated heterocycles. The van der Waals surface area contributed by atoms with Crippen LogP contribution in [0.4, 0.5) is 11.5 Å². The summed E-state index contributed by atoms with van der Waals surface area (Å²) in [6.45, 7) is 2.42. The zero-order valence-electron chi connectivity index (χ0n) is 16.6. The summed E-state index contributed by atoms with van der Waals surface area (Å²) in [5.41, 5.74) is 6.08. The molecule has 0 fully saturated rings. The van der Waals surface area contributed by atoms with Gasteiger partial charge in [-0.1, -0.05) is 61.3 Å². The lowest BCUT2D eigenvalue weighted by Gasteiger charge is -2.24. The van der Waals surface area contributed by atoms with Crippen molar-refractivity contribution in [2.45, 2.75) is 26.3 Å². The number of nitrogen functional groups attached to an aromatic ring is 1. The monoisotopic (exact) mass is 426 g/mol. The molecule has 0 aliphatic rings. The molecule has 0 radical (unpaired) electrons. The highest BCUT2D eigenvalue weighted by Gasteiger charge is 2.25. The van der Waals surface area contributed by atoms with Crippen LogP contribution in [-0.4, -0.2) is 22.0 Å². The third-order valence-electron chi connectivity index (χ3n) is 4.72. The van der Waals surface area contributed by atoms with Crippen molar-refractivity contribution in [2.75, 3.05) is 17.2 Å². The maximum Gasteiger partial charge on any atom is 0.330 e. The zero-order chi connectivity index (χ0) is 21.7. The van der Waals surface area contributed by atoms with Crippen LogP contribution in [0.3, 0.4) is 0 Å². The van der Waals surface area contributed by atoms with Gasteiger partial charge in [0, 0.05) is 17.1 Å². The van der Waals surface area contributed by atoms with Crippen LogP contribution in [0.5, 0.6) is 0 Å². The predicted molar refractivity (Wildman–Crippen MR) is 119 cm³/mol. The van der Waals surface area contributed by atoms with E-state index in [0.29, 0.717) is 17.0 Å². The lowest BCUT2D eigenvalue weighted by atomic mass is 10.1. The maximum absolute atomic E-state index is 13.2. The number of aromatic nitrogens is 2. The van der Waals surface area contributed by atoms with E-state index in [1.165, 1.54) is 15.5 Å². The van der Waals surface area contributed by atoms with Gasteiger partial charge in [-0.25, -0.2) is 4.79 Å². The van der Waals surface area contributed by atoms with Gasteiger partial charge in [-0.2, -0.15) is 0 Å². The highest BCUT2D eigenvalue weighted by Crippen LogP contribution is 2.22. The van der Waals surface area contributed by atoms with Crippen molar-refractivity contribution < 1.29 is 4.79 Å². The Morgan fingerprint density at radius 2 is 1.87 bits per heavy atom. The summed E-state index contributed by atoms with van der Waals surface area (Å²) in [6, 6.07) is 15.7. The molecule has 1 amide bonds. The number of amides is 1. The van der Waals surface area contributed by atoms with Gasteiger partial charge in [-0.05, 0) is 30.2 Å². The third kappa shape index (κ3) is 4.63. The molecule has 1 aromatic heterocycles. The van der Waals surface area contributed by atoms with Gasteiger partial charge in [0.15, 0.2) is 5.69 Å². The molecule has 0 bridgehead atoms. The summed E-state index contributed by atoms with van der Waals surface area (Å²) < 4.78 is 1.26. The van der Waals surface area contributed by atoms with Gasteiger partial charge in [0.25, 0.3) is 11.5 Å². The second kappa shape index (κ2) is 9.45. The number of nitrogens with two attached hydrogens (primary N) is 1. The summed E-state index contributed by atoms with van der Waals surface area (Å²) in [4.78, 5) is 42.0. The van der Waals surface area contributed by atoms with Crippen LogP contribution in [0.2, 0.25) is 5.02 Å². The molecule has 0 atom stereocenters. The first kappa shape index (κ1) is 21.4. The van der Waals surface area contributed by atoms with Crippen LogP contribution < -0.4 is 21.9 Å².